The zero-order valence-electron chi connectivity index (χ0n) is 14.6. The van der Waals surface area contributed by atoms with Crippen LogP contribution in [0.5, 0.6) is 0 Å². The summed E-state index contributed by atoms with van der Waals surface area (Å²) in [7, 11) is 0. The van der Waals surface area contributed by atoms with Gasteiger partial charge in [-0.2, -0.15) is 4.98 Å². The van der Waals surface area contributed by atoms with Crippen LogP contribution >= 0.6 is 11.8 Å². The van der Waals surface area contributed by atoms with Crippen molar-refractivity contribution in [3.05, 3.63) is 42.0 Å². The van der Waals surface area contributed by atoms with Crippen LogP contribution in [0.15, 0.2) is 40.2 Å². The number of oxazole rings is 1. The normalized spacial score (nSPS) is 15.7. The largest absolute Gasteiger partial charge is 0.423 e. The first-order valence-corrected chi connectivity index (χ1v) is 9.67. The topological polar surface area (TPSA) is 58.3 Å². The Morgan fingerprint density at radius 3 is 2.62 bits per heavy atom. The van der Waals surface area contributed by atoms with Crippen LogP contribution in [-0.2, 0) is 6.54 Å². The van der Waals surface area contributed by atoms with Gasteiger partial charge in [-0.1, -0.05) is 24.8 Å². The van der Waals surface area contributed by atoms with E-state index in [-0.39, 0.29) is 5.82 Å². The molecule has 8 heteroatoms. The van der Waals surface area contributed by atoms with E-state index in [9.17, 15) is 4.39 Å². The van der Waals surface area contributed by atoms with Crippen molar-refractivity contribution in [3.63, 3.8) is 0 Å². The molecular weight excluding hydrogens is 353 g/mol. The first-order chi connectivity index (χ1) is 12.7. The molecule has 0 radical (unpaired) electrons. The number of piperazine rings is 1. The third kappa shape index (κ3) is 3.66. The second-order valence-electron chi connectivity index (χ2n) is 6.15. The van der Waals surface area contributed by atoms with E-state index in [0.717, 1.165) is 49.2 Å². The molecule has 0 spiro atoms. The SMILES string of the molecule is CCSc1ncc(CN2CCN(c3nc4c(F)cccc4o3)CC2)cn1. The quantitative estimate of drug-likeness (QED) is 0.503. The molecule has 1 fully saturated rings. The Kier molecular flexibility index (Phi) is 5.03. The molecule has 1 saturated heterocycles. The molecule has 0 saturated carbocycles. The molecule has 3 heterocycles. The number of hydrogen-bond donors (Lipinski definition) is 0. The maximum absolute atomic E-state index is 13.8. The summed E-state index contributed by atoms with van der Waals surface area (Å²) in [6, 6.07) is 5.27. The number of aromatic nitrogens is 3. The van der Waals surface area contributed by atoms with Crippen molar-refractivity contribution in [2.45, 2.75) is 18.6 Å². The van der Waals surface area contributed by atoms with Crippen LogP contribution in [0, 0.1) is 5.82 Å². The molecule has 0 amide bonds. The fourth-order valence-corrected chi connectivity index (χ4v) is 3.53. The Bertz CT molecular complexity index is 877. The van der Waals surface area contributed by atoms with Gasteiger partial charge in [-0.3, -0.25) is 4.90 Å². The van der Waals surface area contributed by atoms with Crippen molar-refractivity contribution in [1.29, 1.82) is 0 Å². The van der Waals surface area contributed by atoms with Crippen LogP contribution in [0.3, 0.4) is 0 Å². The van der Waals surface area contributed by atoms with E-state index in [4.69, 9.17) is 4.42 Å². The predicted molar refractivity (Wildman–Crippen MR) is 99.9 cm³/mol. The molecule has 2 aromatic heterocycles. The number of para-hydroxylation sites is 1. The van der Waals surface area contributed by atoms with Crippen molar-refractivity contribution in [3.8, 4) is 0 Å². The second kappa shape index (κ2) is 7.59. The van der Waals surface area contributed by atoms with Gasteiger partial charge >= 0.3 is 0 Å². The number of hydrogen-bond acceptors (Lipinski definition) is 7. The minimum Gasteiger partial charge on any atom is -0.423 e. The maximum atomic E-state index is 13.8. The highest BCUT2D eigenvalue weighted by atomic mass is 32.2. The first kappa shape index (κ1) is 17.2. The standard InChI is InChI=1S/C18H20FN5OS/c1-2-26-17-20-10-13(11-21-17)12-23-6-8-24(9-7-23)18-22-16-14(19)4-3-5-15(16)25-18/h3-5,10-11H,2,6-9,12H2,1H3. The highest BCUT2D eigenvalue weighted by molar-refractivity contribution is 7.99. The first-order valence-electron chi connectivity index (χ1n) is 8.69. The van der Waals surface area contributed by atoms with Crippen molar-refractivity contribution in [1.82, 2.24) is 19.9 Å². The number of halogens is 1. The number of rotatable bonds is 5. The highest BCUT2D eigenvalue weighted by Gasteiger charge is 2.22. The van der Waals surface area contributed by atoms with Crippen molar-refractivity contribution in [2.24, 2.45) is 0 Å². The van der Waals surface area contributed by atoms with Gasteiger partial charge in [-0.05, 0) is 17.9 Å². The Hall–Kier alpha value is -2.19. The van der Waals surface area contributed by atoms with Crippen LogP contribution in [-0.4, -0.2) is 51.8 Å². The van der Waals surface area contributed by atoms with Gasteiger partial charge in [0.1, 0.15) is 5.52 Å². The van der Waals surface area contributed by atoms with Crippen LogP contribution in [0.1, 0.15) is 12.5 Å². The molecule has 0 bridgehead atoms. The maximum Gasteiger partial charge on any atom is 0.298 e. The molecule has 0 atom stereocenters. The molecule has 0 aliphatic carbocycles. The van der Waals surface area contributed by atoms with Gasteiger partial charge in [-0.15, -0.1) is 0 Å². The number of anilines is 1. The molecule has 26 heavy (non-hydrogen) atoms. The summed E-state index contributed by atoms with van der Waals surface area (Å²) in [5.74, 6) is 0.627. The van der Waals surface area contributed by atoms with Gasteiger partial charge in [0.25, 0.3) is 6.01 Å². The van der Waals surface area contributed by atoms with Gasteiger partial charge in [-0.25, -0.2) is 14.4 Å². The lowest BCUT2D eigenvalue weighted by molar-refractivity contribution is 0.245. The molecule has 3 aromatic rings. The number of fused-ring (bicyclic) bond motifs is 1. The minimum atomic E-state index is -0.346. The molecule has 0 unspecified atom stereocenters. The van der Waals surface area contributed by atoms with Crippen molar-refractivity contribution in [2.75, 3.05) is 36.8 Å². The zero-order valence-corrected chi connectivity index (χ0v) is 15.4. The summed E-state index contributed by atoms with van der Waals surface area (Å²) in [4.78, 5) is 17.5. The Morgan fingerprint density at radius 2 is 1.92 bits per heavy atom. The average Bonchev–Trinajstić information content (AvgIpc) is 3.10. The van der Waals surface area contributed by atoms with Crippen LogP contribution in [0.25, 0.3) is 11.1 Å². The third-order valence-electron chi connectivity index (χ3n) is 4.36. The average molecular weight is 373 g/mol. The van der Waals surface area contributed by atoms with E-state index in [2.05, 4.69) is 31.7 Å². The van der Waals surface area contributed by atoms with Gasteiger partial charge < -0.3 is 9.32 Å². The second-order valence-corrected chi connectivity index (χ2v) is 7.38. The smallest absolute Gasteiger partial charge is 0.298 e. The monoisotopic (exact) mass is 373 g/mol. The summed E-state index contributed by atoms with van der Waals surface area (Å²) >= 11 is 1.64. The summed E-state index contributed by atoms with van der Waals surface area (Å²) < 4.78 is 19.5. The van der Waals surface area contributed by atoms with Gasteiger partial charge in [0.05, 0.1) is 0 Å². The summed E-state index contributed by atoms with van der Waals surface area (Å²) in [5, 5.41) is 0.823. The fourth-order valence-electron chi connectivity index (χ4n) is 3.02. The van der Waals surface area contributed by atoms with E-state index < -0.39 is 0 Å². The lowest BCUT2D eigenvalue weighted by atomic mass is 10.2. The number of nitrogens with zero attached hydrogens (tertiary/aromatic N) is 5. The van der Waals surface area contributed by atoms with E-state index in [1.165, 1.54) is 6.07 Å². The Labute approximate surface area is 155 Å². The van der Waals surface area contributed by atoms with E-state index in [0.29, 0.717) is 17.1 Å². The third-order valence-corrected chi connectivity index (χ3v) is 5.12. The van der Waals surface area contributed by atoms with Gasteiger partial charge in [0.2, 0.25) is 0 Å². The molecule has 0 N–H and O–H groups in total. The lowest BCUT2D eigenvalue weighted by Gasteiger charge is -2.33. The number of benzene rings is 1. The van der Waals surface area contributed by atoms with Crippen LogP contribution in [0.4, 0.5) is 10.4 Å². The predicted octanol–water partition coefficient (Wildman–Crippen LogP) is 3.19. The van der Waals surface area contributed by atoms with Gasteiger partial charge in [0, 0.05) is 50.7 Å². The summed E-state index contributed by atoms with van der Waals surface area (Å²) in [6.07, 6.45) is 3.81. The molecular formula is C18H20FN5OS. The molecule has 1 aromatic carbocycles. The fraction of sp³-hybridized carbons (Fsp3) is 0.389. The van der Waals surface area contributed by atoms with E-state index in [1.54, 1.807) is 23.9 Å². The van der Waals surface area contributed by atoms with Crippen LogP contribution < -0.4 is 4.90 Å². The molecule has 136 valence electrons. The Morgan fingerprint density at radius 1 is 1.15 bits per heavy atom. The van der Waals surface area contributed by atoms with Crippen molar-refractivity contribution >= 4 is 28.9 Å². The Balaban J connectivity index is 1.36. The molecule has 1 aliphatic heterocycles. The molecule has 4 rings (SSSR count). The number of thioether (sulfide) groups is 1. The summed E-state index contributed by atoms with van der Waals surface area (Å²) in [5.41, 5.74) is 1.90. The molecule has 1 aliphatic rings. The zero-order chi connectivity index (χ0) is 17.9. The van der Waals surface area contributed by atoms with Gasteiger partial charge in [0.15, 0.2) is 16.6 Å². The minimum absolute atomic E-state index is 0.298. The lowest BCUT2D eigenvalue weighted by Crippen LogP contribution is -2.46. The highest BCUT2D eigenvalue weighted by Crippen LogP contribution is 2.24. The van der Waals surface area contributed by atoms with Crippen LogP contribution in [0.2, 0.25) is 0 Å². The summed E-state index contributed by atoms with van der Waals surface area (Å²) in [6.45, 7) is 6.26. The molecule has 6 nitrogen and oxygen atoms in total. The van der Waals surface area contributed by atoms with E-state index in [1.807, 2.05) is 12.4 Å². The van der Waals surface area contributed by atoms with E-state index >= 15 is 0 Å². The van der Waals surface area contributed by atoms with Crippen molar-refractivity contribution < 1.29 is 8.81 Å².